The van der Waals surface area contributed by atoms with E-state index >= 15 is 0 Å². The first-order valence-corrected chi connectivity index (χ1v) is 6.50. The van der Waals surface area contributed by atoms with E-state index in [-0.39, 0.29) is 17.7 Å². The average molecular weight is 248 g/mol. The van der Waals surface area contributed by atoms with Crippen LogP contribution in [0.25, 0.3) is 0 Å². The maximum Gasteiger partial charge on any atom is 0.251 e. The summed E-state index contributed by atoms with van der Waals surface area (Å²) in [5.41, 5.74) is 6.24. The fourth-order valence-corrected chi connectivity index (χ4v) is 2.58. The molecule has 2 unspecified atom stereocenters. The Bertz CT molecular complexity index is 420. The van der Waals surface area contributed by atoms with Crippen LogP contribution >= 0.6 is 0 Å². The summed E-state index contributed by atoms with van der Waals surface area (Å²) in [7, 11) is 0. The van der Waals surface area contributed by atoms with E-state index in [2.05, 4.69) is 5.32 Å². The quantitative estimate of drug-likeness (QED) is 0.761. The number of benzene rings is 1. The van der Waals surface area contributed by atoms with Gasteiger partial charge in [-0.2, -0.15) is 0 Å². The van der Waals surface area contributed by atoms with Crippen LogP contribution in [0.5, 0.6) is 5.75 Å². The molecule has 4 N–H and O–H groups in total. The number of phenols is 1. The van der Waals surface area contributed by atoms with Crippen molar-refractivity contribution in [2.24, 2.45) is 11.7 Å². The van der Waals surface area contributed by atoms with Crippen LogP contribution in [0.3, 0.4) is 0 Å². The standard InChI is InChI=1S/C14H20N2O2/c15-9-11-4-1-2-7-13(11)16-14(18)10-5-3-6-12(17)8-10/h3,5-6,8,11,13,17H,1-2,4,7,9,15H2,(H,16,18). The molecule has 0 aromatic heterocycles. The van der Waals surface area contributed by atoms with E-state index in [1.54, 1.807) is 18.2 Å². The highest BCUT2D eigenvalue weighted by Crippen LogP contribution is 2.24. The highest BCUT2D eigenvalue weighted by Gasteiger charge is 2.25. The molecule has 1 fully saturated rings. The van der Waals surface area contributed by atoms with Crippen LogP contribution in [0.4, 0.5) is 0 Å². The number of aromatic hydroxyl groups is 1. The molecular weight excluding hydrogens is 228 g/mol. The Morgan fingerprint density at radius 3 is 2.89 bits per heavy atom. The average Bonchev–Trinajstić information content (AvgIpc) is 2.39. The molecule has 1 amide bonds. The third-order valence-corrected chi connectivity index (χ3v) is 3.64. The van der Waals surface area contributed by atoms with Gasteiger partial charge in [-0.1, -0.05) is 18.9 Å². The van der Waals surface area contributed by atoms with E-state index in [0.717, 1.165) is 19.3 Å². The number of amides is 1. The third-order valence-electron chi connectivity index (χ3n) is 3.64. The van der Waals surface area contributed by atoms with Gasteiger partial charge in [0.25, 0.3) is 5.91 Å². The minimum absolute atomic E-state index is 0.113. The summed E-state index contributed by atoms with van der Waals surface area (Å²) in [4.78, 5) is 12.1. The fourth-order valence-electron chi connectivity index (χ4n) is 2.58. The van der Waals surface area contributed by atoms with Crippen molar-refractivity contribution in [1.29, 1.82) is 0 Å². The maximum absolute atomic E-state index is 12.1. The van der Waals surface area contributed by atoms with E-state index in [0.29, 0.717) is 18.0 Å². The van der Waals surface area contributed by atoms with Gasteiger partial charge in [-0.3, -0.25) is 4.79 Å². The van der Waals surface area contributed by atoms with Crippen LogP contribution in [-0.2, 0) is 0 Å². The zero-order valence-electron chi connectivity index (χ0n) is 10.4. The van der Waals surface area contributed by atoms with Gasteiger partial charge in [0.05, 0.1) is 0 Å². The van der Waals surface area contributed by atoms with Crippen molar-refractivity contribution < 1.29 is 9.90 Å². The Balaban J connectivity index is 2.02. The highest BCUT2D eigenvalue weighted by atomic mass is 16.3. The molecular formula is C14H20N2O2. The van der Waals surface area contributed by atoms with Crippen LogP contribution < -0.4 is 11.1 Å². The third kappa shape index (κ3) is 3.01. The van der Waals surface area contributed by atoms with E-state index in [1.807, 2.05) is 0 Å². The van der Waals surface area contributed by atoms with E-state index in [9.17, 15) is 9.90 Å². The molecule has 1 aliphatic rings. The van der Waals surface area contributed by atoms with Gasteiger partial charge in [-0.05, 0) is 43.5 Å². The minimum atomic E-state index is -0.128. The van der Waals surface area contributed by atoms with Crippen molar-refractivity contribution in [3.05, 3.63) is 29.8 Å². The summed E-state index contributed by atoms with van der Waals surface area (Å²) >= 11 is 0. The van der Waals surface area contributed by atoms with E-state index in [4.69, 9.17) is 5.73 Å². The van der Waals surface area contributed by atoms with Crippen LogP contribution in [0.15, 0.2) is 24.3 Å². The second-order valence-corrected chi connectivity index (χ2v) is 4.91. The Labute approximate surface area is 107 Å². The number of hydrogen-bond acceptors (Lipinski definition) is 3. The van der Waals surface area contributed by atoms with Crippen LogP contribution in [-0.4, -0.2) is 23.6 Å². The molecule has 0 aliphatic heterocycles. The topological polar surface area (TPSA) is 75.3 Å². The zero-order chi connectivity index (χ0) is 13.0. The molecule has 1 aromatic carbocycles. The molecule has 1 aliphatic carbocycles. The van der Waals surface area contributed by atoms with Gasteiger partial charge in [0.1, 0.15) is 5.75 Å². The predicted octanol–water partition coefficient (Wildman–Crippen LogP) is 1.64. The number of hydrogen-bond donors (Lipinski definition) is 3. The van der Waals surface area contributed by atoms with Crippen molar-refractivity contribution in [2.75, 3.05) is 6.54 Å². The van der Waals surface area contributed by atoms with Crippen molar-refractivity contribution in [3.8, 4) is 5.75 Å². The van der Waals surface area contributed by atoms with Gasteiger partial charge in [0.15, 0.2) is 0 Å². The molecule has 98 valence electrons. The summed E-state index contributed by atoms with van der Waals surface area (Å²) in [6.45, 7) is 0.616. The summed E-state index contributed by atoms with van der Waals surface area (Å²) in [5.74, 6) is 0.359. The second kappa shape index (κ2) is 5.87. The van der Waals surface area contributed by atoms with Gasteiger partial charge >= 0.3 is 0 Å². The fraction of sp³-hybridized carbons (Fsp3) is 0.500. The van der Waals surface area contributed by atoms with Crippen molar-refractivity contribution in [3.63, 3.8) is 0 Å². The first kappa shape index (κ1) is 12.9. The lowest BCUT2D eigenvalue weighted by atomic mass is 9.84. The SMILES string of the molecule is NCC1CCCCC1NC(=O)c1cccc(O)c1. The molecule has 2 atom stereocenters. The lowest BCUT2D eigenvalue weighted by Gasteiger charge is -2.31. The predicted molar refractivity (Wildman–Crippen MR) is 70.4 cm³/mol. The molecule has 0 radical (unpaired) electrons. The molecule has 0 heterocycles. The Morgan fingerprint density at radius 2 is 2.17 bits per heavy atom. The van der Waals surface area contributed by atoms with Crippen molar-refractivity contribution in [2.45, 2.75) is 31.7 Å². The first-order chi connectivity index (χ1) is 8.70. The van der Waals surface area contributed by atoms with E-state index in [1.165, 1.54) is 12.5 Å². The maximum atomic E-state index is 12.1. The molecule has 18 heavy (non-hydrogen) atoms. The Kier molecular flexibility index (Phi) is 4.20. The minimum Gasteiger partial charge on any atom is -0.508 e. The van der Waals surface area contributed by atoms with Gasteiger partial charge in [0.2, 0.25) is 0 Å². The summed E-state index contributed by atoms with van der Waals surface area (Å²) in [6.07, 6.45) is 4.41. The summed E-state index contributed by atoms with van der Waals surface area (Å²) < 4.78 is 0. The molecule has 0 saturated heterocycles. The Morgan fingerprint density at radius 1 is 1.39 bits per heavy atom. The van der Waals surface area contributed by atoms with Gasteiger partial charge in [-0.25, -0.2) is 0 Å². The van der Waals surface area contributed by atoms with Crippen LogP contribution in [0, 0.1) is 5.92 Å². The van der Waals surface area contributed by atoms with Crippen molar-refractivity contribution >= 4 is 5.91 Å². The van der Waals surface area contributed by atoms with Gasteiger partial charge < -0.3 is 16.2 Å². The van der Waals surface area contributed by atoms with Gasteiger partial charge in [0, 0.05) is 11.6 Å². The number of phenolic OH excluding ortho intramolecular Hbond substituents is 1. The van der Waals surface area contributed by atoms with Crippen LogP contribution in [0.1, 0.15) is 36.0 Å². The number of nitrogens with one attached hydrogen (secondary N) is 1. The number of nitrogens with two attached hydrogens (primary N) is 1. The number of carbonyl (C=O) groups excluding carboxylic acids is 1. The molecule has 0 bridgehead atoms. The highest BCUT2D eigenvalue weighted by molar-refractivity contribution is 5.94. The summed E-state index contributed by atoms with van der Waals surface area (Å²) in [6, 6.07) is 6.58. The Hall–Kier alpha value is -1.55. The second-order valence-electron chi connectivity index (χ2n) is 4.91. The smallest absolute Gasteiger partial charge is 0.251 e. The molecule has 1 aromatic rings. The van der Waals surface area contributed by atoms with Crippen molar-refractivity contribution in [1.82, 2.24) is 5.32 Å². The normalized spacial score (nSPS) is 23.6. The number of carbonyl (C=O) groups is 1. The molecule has 0 spiro atoms. The van der Waals surface area contributed by atoms with E-state index < -0.39 is 0 Å². The molecule has 1 saturated carbocycles. The largest absolute Gasteiger partial charge is 0.508 e. The zero-order valence-corrected chi connectivity index (χ0v) is 10.4. The summed E-state index contributed by atoms with van der Waals surface area (Å²) in [5, 5.41) is 12.4. The lowest BCUT2D eigenvalue weighted by molar-refractivity contribution is 0.0907. The molecule has 4 heteroatoms. The first-order valence-electron chi connectivity index (χ1n) is 6.50. The van der Waals surface area contributed by atoms with Crippen LogP contribution in [0.2, 0.25) is 0 Å². The number of rotatable bonds is 3. The molecule has 2 rings (SSSR count). The monoisotopic (exact) mass is 248 g/mol. The van der Waals surface area contributed by atoms with Gasteiger partial charge in [-0.15, -0.1) is 0 Å². The lowest BCUT2D eigenvalue weighted by Crippen LogP contribution is -2.44. The molecule has 4 nitrogen and oxygen atoms in total.